The maximum atomic E-state index is 13.0. The first-order valence-electron chi connectivity index (χ1n) is 9.01. The highest BCUT2D eigenvalue weighted by Crippen LogP contribution is 2.29. The van der Waals surface area contributed by atoms with E-state index in [1.165, 1.54) is 17.4 Å². The molecule has 0 aliphatic carbocycles. The molecule has 0 radical (unpaired) electrons. The van der Waals surface area contributed by atoms with E-state index in [4.69, 9.17) is 4.74 Å². The smallest absolute Gasteiger partial charge is 0.416 e. The molecule has 1 heterocycles. The summed E-state index contributed by atoms with van der Waals surface area (Å²) in [5.41, 5.74) is -1.09. The number of halogens is 4. The van der Waals surface area contributed by atoms with Crippen molar-refractivity contribution >= 4 is 39.3 Å². The van der Waals surface area contributed by atoms with Crippen molar-refractivity contribution in [3.8, 4) is 0 Å². The second kappa shape index (κ2) is 9.82. The van der Waals surface area contributed by atoms with Crippen molar-refractivity contribution in [2.24, 2.45) is 0 Å². The number of rotatable bonds is 6. The van der Waals surface area contributed by atoms with E-state index in [0.29, 0.717) is 10.4 Å². The summed E-state index contributed by atoms with van der Waals surface area (Å²) in [6.45, 7) is 5.12. The van der Waals surface area contributed by atoms with Gasteiger partial charge in [-0.2, -0.15) is 13.2 Å². The topological polar surface area (TPSA) is 67.4 Å². The van der Waals surface area contributed by atoms with Crippen molar-refractivity contribution in [3.63, 3.8) is 0 Å². The third-order valence-electron chi connectivity index (χ3n) is 3.75. The van der Waals surface area contributed by atoms with Crippen molar-refractivity contribution in [2.75, 3.05) is 6.54 Å². The molecule has 0 bridgehead atoms. The second-order valence-electron chi connectivity index (χ2n) is 7.58. The summed E-state index contributed by atoms with van der Waals surface area (Å²) in [5.74, 6) is -0.381. The molecule has 164 valence electrons. The molecule has 0 saturated heterocycles. The van der Waals surface area contributed by atoms with Gasteiger partial charge in [-0.15, -0.1) is 11.3 Å². The number of amides is 2. The van der Waals surface area contributed by atoms with Crippen LogP contribution in [0.1, 0.15) is 41.6 Å². The molecule has 2 aromatic rings. The Balaban J connectivity index is 2.14. The number of thiophene rings is 1. The summed E-state index contributed by atoms with van der Waals surface area (Å²) in [7, 11) is 0. The van der Waals surface area contributed by atoms with Gasteiger partial charge >= 0.3 is 12.3 Å². The molecular formula is C20H22BrF3N2O3S. The minimum atomic E-state index is -4.47. The van der Waals surface area contributed by atoms with Crippen LogP contribution in [0.5, 0.6) is 0 Å². The Hall–Kier alpha value is -2.07. The van der Waals surface area contributed by atoms with Gasteiger partial charge < -0.3 is 15.4 Å². The Bertz CT molecular complexity index is 894. The molecule has 10 heteroatoms. The largest absolute Gasteiger partial charge is 0.444 e. The molecule has 0 aliphatic rings. The minimum absolute atomic E-state index is 0.0105. The van der Waals surface area contributed by atoms with Crippen LogP contribution in [-0.4, -0.2) is 30.2 Å². The highest BCUT2D eigenvalue weighted by molar-refractivity contribution is 9.10. The van der Waals surface area contributed by atoms with Crippen molar-refractivity contribution in [1.82, 2.24) is 10.6 Å². The zero-order chi connectivity index (χ0) is 22.5. The number of carbonyl (C=O) groups excluding carboxylic acids is 2. The monoisotopic (exact) mass is 506 g/mol. The van der Waals surface area contributed by atoms with Gasteiger partial charge in [0.25, 0.3) is 5.91 Å². The van der Waals surface area contributed by atoms with Crippen LogP contribution in [0, 0.1) is 0 Å². The maximum absolute atomic E-state index is 13.0. The third-order valence-corrected chi connectivity index (χ3v) is 5.44. The first kappa shape index (κ1) is 24.2. The number of carbonyl (C=O) groups is 2. The van der Waals surface area contributed by atoms with Gasteiger partial charge in [0.05, 0.1) is 16.5 Å². The van der Waals surface area contributed by atoms with Crippen LogP contribution in [0.3, 0.4) is 0 Å². The molecule has 0 spiro atoms. The Morgan fingerprint density at radius 2 is 1.90 bits per heavy atom. The van der Waals surface area contributed by atoms with Crippen molar-refractivity contribution in [1.29, 1.82) is 0 Å². The van der Waals surface area contributed by atoms with Crippen molar-refractivity contribution in [2.45, 2.75) is 45.0 Å². The van der Waals surface area contributed by atoms with Crippen LogP contribution in [0.15, 0.2) is 40.2 Å². The fourth-order valence-electron chi connectivity index (χ4n) is 2.54. The molecule has 1 aromatic heterocycles. The van der Waals surface area contributed by atoms with Crippen molar-refractivity contribution < 1.29 is 27.5 Å². The van der Waals surface area contributed by atoms with Crippen LogP contribution in [0.25, 0.3) is 0 Å². The molecule has 1 atom stereocenters. The van der Waals surface area contributed by atoms with Crippen LogP contribution in [0.2, 0.25) is 0 Å². The summed E-state index contributed by atoms with van der Waals surface area (Å²) in [4.78, 5) is 24.9. The van der Waals surface area contributed by atoms with Gasteiger partial charge in [-0.3, -0.25) is 4.79 Å². The molecule has 2 rings (SSSR count). The lowest BCUT2D eigenvalue weighted by Gasteiger charge is -2.23. The molecule has 5 nitrogen and oxygen atoms in total. The average Bonchev–Trinajstić information content (AvgIpc) is 3.04. The predicted molar refractivity (Wildman–Crippen MR) is 113 cm³/mol. The molecular weight excluding hydrogens is 485 g/mol. The quantitative estimate of drug-likeness (QED) is 0.551. The predicted octanol–water partition coefficient (Wildman–Crippen LogP) is 5.40. The summed E-state index contributed by atoms with van der Waals surface area (Å²) in [6, 6.07) is 5.88. The van der Waals surface area contributed by atoms with Crippen LogP contribution >= 0.6 is 27.3 Å². The number of alkyl carbamates (subject to hydrolysis) is 1. The summed E-state index contributed by atoms with van der Waals surface area (Å²) >= 11 is 4.50. The first-order valence-corrected chi connectivity index (χ1v) is 10.7. The van der Waals surface area contributed by atoms with Gasteiger partial charge in [0.15, 0.2) is 0 Å². The number of ether oxygens (including phenoxy) is 1. The van der Waals surface area contributed by atoms with Gasteiger partial charge in [0.1, 0.15) is 5.60 Å². The van der Waals surface area contributed by atoms with Crippen molar-refractivity contribution in [3.05, 3.63) is 56.2 Å². The highest BCUT2D eigenvalue weighted by Gasteiger charge is 2.30. The molecule has 30 heavy (non-hydrogen) atoms. The van der Waals surface area contributed by atoms with E-state index in [2.05, 4.69) is 26.6 Å². The normalized spacial score (nSPS) is 12.9. The van der Waals surface area contributed by atoms with Gasteiger partial charge in [-0.1, -0.05) is 18.2 Å². The zero-order valence-electron chi connectivity index (χ0n) is 16.6. The lowest BCUT2D eigenvalue weighted by Crippen LogP contribution is -2.46. The molecule has 2 amide bonds. The van der Waals surface area contributed by atoms with E-state index in [0.717, 1.165) is 16.6 Å². The Morgan fingerprint density at radius 1 is 1.20 bits per heavy atom. The van der Waals surface area contributed by atoms with E-state index < -0.39 is 29.5 Å². The molecule has 1 aromatic carbocycles. The van der Waals surface area contributed by atoms with Gasteiger partial charge in [0.2, 0.25) is 0 Å². The molecule has 0 unspecified atom stereocenters. The van der Waals surface area contributed by atoms with Crippen LogP contribution in [0.4, 0.5) is 18.0 Å². The molecule has 0 aliphatic heterocycles. The minimum Gasteiger partial charge on any atom is -0.444 e. The molecule has 0 saturated carbocycles. The van der Waals surface area contributed by atoms with E-state index >= 15 is 0 Å². The number of alkyl halides is 3. The van der Waals surface area contributed by atoms with Gasteiger partial charge in [-0.05, 0) is 60.8 Å². The lowest BCUT2D eigenvalue weighted by atomic mass is 10.0. The summed E-state index contributed by atoms with van der Waals surface area (Å²) in [5, 5.41) is 7.08. The average molecular weight is 507 g/mol. The Labute approximate surface area is 185 Å². The van der Waals surface area contributed by atoms with E-state index in [1.807, 2.05) is 0 Å². The fraction of sp³-hybridized carbons (Fsp3) is 0.400. The van der Waals surface area contributed by atoms with Crippen LogP contribution in [-0.2, 0) is 17.3 Å². The van der Waals surface area contributed by atoms with E-state index in [-0.39, 0.29) is 18.9 Å². The van der Waals surface area contributed by atoms with Gasteiger partial charge in [0, 0.05) is 16.4 Å². The summed E-state index contributed by atoms with van der Waals surface area (Å²) < 4.78 is 44.9. The number of nitrogens with one attached hydrogen (secondary N) is 2. The number of hydrogen-bond acceptors (Lipinski definition) is 4. The molecule has 2 N–H and O–H groups in total. The third kappa shape index (κ3) is 7.98. The lowest BCUT2D eigenvalue weighted by molar-refractivity contribution is -0.137. The standard InChI is InChI=1S/C20H22BrF3N2O3S/c1-19(2,3)29-18(28)25-10-15(26-17(27)16-9-14(21)11-30-16)8-12-5-4-6-13(7-12)20(22,23)24/h4-7,9,11,15H,8,10H2,1-3H3,(H,25,28)(H,26,27)/t15-/m0/s1. The summed E-state index contributed by atoms with van der Waals surface area (Å²) in [6.07, 6.45) is -5.05. The second-order valence-corrected chi connectivity index (χ2v) is 9.41. The number of benzene rings is 1. The van der Waals surface area contributed by atoms with E-state index in [9.17, 15) is 22.8 Å². The first-order chi connectivity index (χ1) is 13.8. The Morgan fingerprint density at radius 3 is 2.47 bits per heavy atom. The highest BCUT2D eigenvalue weighted by atomic mass is 79.9. The maximum Gasteiger partial charge on any atom is 0.416 e. The molecule has 0 fully saturated rings. The van der Waals surface area contributed by atoms with Crippen LogP contribution < -0.4 is 10.6 Å². The van der Waals surface area contributed by atoms with E-state index in [1.54, 1.807) is 38.3 Å². The van der Waals surface area contributed by atoms with Gasteiger partial charge in [-0.25, -0.2) is 4.79 Å². The number of hydrogen-bond donors (Lipinski definition) is 2. The zero-order valence-corrected chi connectivity index (χ0v) is 19.0. The Kier molecular flexibility index (Phi) is 7.93. The SMILES string of the molecule is CC(C)(C)OC(=O)NC[C@H](Cc1cccc(C(F)(F)F)c1)NC(=O)c1cc(Br)cs1. The fourth-order valence-corrected chi connectivity index (χ4v) is 3.87.